The van der Waals surface area contributed by atoms with Crippen LogP contribution in [0.3, 0.4) is 0 Å². The van der Waals surface area contributed by atoms with E-state index in [4.69, 9.17) is 4.42 Å². The van der Waals surface area contributed by atoms with Crippen LogP contribution in [-0.4, -0.2) is 58.8 Å². The van der Waals surface area contributed by atoms with Gasteiger partial charge >= 0.3 is 0 Å². The first-order valence-corrected chi connectivity index (χ1v) is 9.28. The smallest absolute Gasteiger partial charge is 0.216 e. The van der Waals surface area contributed by atoms with E-state index in [9.17, 15) is 0 Å². The Morgan fingerprint density at radius 2 is 2.23 bits per heavy atom. The molecule has 2 aromatic heterocycles. The number of aromatic amines is 1. The lowest BCUT2D eigenvalue weighted by Crippen LogP contribution is -2.49. The molecule has 0 radical (unpaired) electrons. The van der Waals surface area contributed by atoms with Crippen molar-refractivity contribution in [2.24, 2.45) is 10.9 Å². The Labute approximate surface area is 154 Å². The van der Waals surface area contributed by atoms with Crippen molar-refractivity contribution in [1.82, 2.24) is 30.7 Å². The van der Waals surface area contributed by atoms with Crippen molar-refractivity contribution in [2.45, 2.75) is 39.3 Å². The number of nitrogens with zero attached hydrogens (tertiary/aromatic N) is 4. The third kappa shape index (κ3) is 5.08. The largest absolute Gasteiger partial charge is 0.461 e. The molecule has 8 nitrogen and oxygen atoms in total. The highest BCUT2D eigenvalue weighted by atomic mass is 16.3. The summed E-state index contributed by atoms with van der Waals surface area (Å²) in [5.74, 6) is 3.48. The van der Waals surface area contributed by atoms with E-state index < -0.39 is 0 Å². The predicted octanol–water partition coefficient (Wildman–Crippen LogP) is 1.85. The molecule has 3 rings (SSSR count). The summed E-state index contributed by atoms with van der Waals surface area (Å²) in [4.78, 5) is 11.3. The van der Waals surface area contributed by atoms with Crippen LogP contribution in [0.5, 0.6) is 0 Å². The number of guanidine groups is 1. The summed E-state index contributed by atoms with van der Waals surface area (Å²) in [6.45, 7) is 8.54. The monoisotopic (exact) mass is 359 g/mol. The van der Waals surface area contributed by atoms with Crippen LogP contribution in [0.4, 0.5) is 0 Å². The van der Waals surface area contributed by atoms with Crippen LogP contribution in [0.1, 0.15) is 32.5 Å². The van der Waals surface area contributed by atoms with Gasteiger partial charge in [0.1, 0.15) is 5.82 Å². The number of piperidine rings is 1. The molecule has 1 aliphatic heterocycles. The summed E-state index contributed by atoms with van der Waals surface area (Å²) < 4.78 is 5.31. The normalized spacial score (nSPS) is 17.0. The van der Waals surface area contributed by atoms with E-state index in [1.807, 2.05) is 12.1 Å². The second-order valence-corrected chi connectivity index (χ2v) is 7.12. The molecule has 2 aromatic rings. The highest BCUT2D eigenvalue weighted by molar-refractivity contribution is 5.79. The number of H-pyrrole nitrogens is 1. The average molecular weight is 359 g/mol. The standard InChI is InChI=1S/C18H29N7O/c1-13(2)12-25-8-6-14(7-9-25)21-18(19-3)20-11-16-22-17(24-23-16)15-5-4-10-26-15/h4-5,10,13-14H,6-9,11-12H2,1-3H3,(H2,19,20,21)(H,22,23,24). The van der Waals surface area contributed by atoms with Crippen LogP contribution in [0.2, 0.25) is 0 Å². The van der Waals surface area contributed by atoms with Gasteiger partial charge in [0.25, 0.3) is 0 Å². The van der Waals surface area contributed by atoms with Crippen LogP contribution in [0, 0.1) is 5.92 Å². The molecule has 0 amide bonds. The van der Waals surface area contributed by atoms with Crippen molar-refractivity contribution in [1.29, 1.82) is 0 Å². The summed E-state index contributed by atoms with van der Waals surface area (Å²) in [7, 11) is 1.79. The number of rotatable bonds is 6. The van der Waals surface area contributed by atoms with Gasteiger partial charge in [-0.15, -0.1) is 5.10 Å². The van der Waals surface area contributed by atoms with Crippen LogP contribution in [-0.2, 0) is 6.54 Å². The molecule has 3 N–H and O–H groups in total. The van der Waals surface area contributed by atoms with Crippen molar-refractivity contribution < 1.29 is 4.42 Å². The van der Waals surface area contributed by atoms with Crippen LogP contribution >= 0.6 is 0 Å². The van der Waals surface area contributed by atoms with Crippen LogP contribution < -0.4 is 10.6 Å². The first-order chi connectivity index (χ1) is 12.6. The van der Waals surface area contributed by atoms with E-state index in [-0.39, 0.29) is 0 Å². The molecule has 8 heteroatoms. The molecule has 0 atom stereocenters. The molecule has 0 aromatic carbocycles. The van der Waals surface area contributed by atoms with Crippen molar-refractivity contribution in [3.8, 4) is 11.6 Å². The Balaban J connectivity index is 1.44. The van der Waals surface area contributed by atoms with Gasteiger partial charge in [0.15, 0.2) is 11.7 Å². The maximum absolute atomic E-state index is 5.31. The van der Waals surface area contributed by atoms with Gasteiger partial charge in [0.2, 0.25) is 5.82 Å². The Hall–Kier alpha value is -2.35. The lowest BCUT2D eigenvalue weighted by molar-refractivity contribution is 0.187. The van der Waals surface area contributed by atoms with Gasteiger partial charge in [0, 0.05) is 32.7 Å². The average Bonchev–Trinajstić information content (AvgIpc) is 3.31. The molecule has 1 fully saturated rings. The first kappa shape index (κ1) is 18.4. The fraction of sp³-hybridized carbons (Fsp3) is 0.611. The summed E-state index contributed by atoms with van der Waals surface area (Å²) in [6.07, 6.45) is 3.89. The van der Waals surface area contributed by atoms with Gasteiger partial charge in [-0.25, -0.2) is 4.98 Å². The molecule has 0 aliphatic carbocycles. The van der Waals surface area contributed by atoms with E-state index in [2.05, 4.69) is 49.6 Å². The van der Waals surface area contributed by atoms with Crippen molar-refractivity contribution >= 4 is 5.96 Å². The number of hydrogen-bond acceptors (Lipinski definition) is 5. The Morgan fingerprint density at radius 1 is 1.42 bits per heavy atom. The summed E-state index contributed by atoms with van der Waals surface area (Å²) in [5.41, 5.74) is 0. The molecular weight excluding hydrogens is 330 g/mol. The molecule has 0 unspecified atom stereocenters. The maximum atomic E-state index is 5.31. The minimum absolute atomic E-state index is 0.456. The second-order valence-electron chi connectivity index (χ2n) is 7.12. The number of furan rings is 1. The van der Waals surface area contributed by atoms with E-state index in [0.29, 0.717) is 24.2 Å². The van der Waals surface area contributed by atoms with Gasteiger partial charge < -0.3 is 20.0 Å². The minimum Gasteiger partial charge on any atom is -0.461 e. The first-order valence-electron chi connectivity index (χ1n) is 9.28. The number of likely N-dealkylation sites (tertiary alicyclic amines) is 1. The zero-order valence-electron chi connectivity index (χ0n) is 15.8. The molecular formula is C18H29N7O. The maximum Gasteiger partial charge on any atom is 0.216 e. The number of aliphatic imine (C=N–C) groups is 1. The third-order valence-corrected chi connectivity index (χ3v) is 4.47. The third-order valence-electron chi connectivity index (χ3n) is 4.47. The summed E-state index contributed by atoms with van der Waals surface area (Å²) >= 11 is 0. The molecule has 142 valence electrons. The van der Waals surface area contributed by atoms with Crippen molar-refractivity contribution in [3.63, 3.8) is 0 Å². The van der Waals surface area contributed by atoms with E-state index >= 15 is 0 Å². The number of aromatic nitrogens is 3. The molecule has 0 bridgehead atoms. The minimum atomic E-state index is 0.456. The topological polar surface area (TPSA) is 94.4 Å². The summed E-state index contributed by atoms with van der Waals surface area (Å²) in [5, 5.41) is 13.9. The molecule has 1 saturated heterocycles. The van der Waals surface area contributed by atoms with E-state index in [0.717, 1.165) is 43.6 Å². The van der Waals surface area contributed by atoms with E-state index in [1.54, 1.807) is 13.3 Å². The molecule has 0 saturated carbocycles. The zero-order valence-corrected chi connectivity index (χ0v) is 15.8. The SMILES string of the molecule is CN=C(NCc1nc(-c2ccco2)n[nH]1)NC1CCN(CC(C)C)CC1. The highest BCUT2D eigenvalue weighted by Gasteiger charge is 2.20. The number of nitrogens with one attached hydrogen (secondary N) is 3. The zero-order chi connectivity index (χ0) is 18.4. The van der Waals surface area contributed by atoms with Gasteiger partial charge in [-0.3, -0.25) is 10.1 Å². The molecule has 0 spiro atoms. The van der Waals surface area contributed by atoms with E-state index in [1.165, 1.54) is 6.54 Å². The lowest BCUT2D eigenvalue weighted by Gasteiger charge is -2.33. The summed E-state index contributed by atoms with van der Waals surface area (Å²) in [6, 6.07) is 4.12. The molecule has 3 heterocycles. The Kier molecular flexibility index (Phi) is 6.27. The van der Waals surface area contributed by atoms with Gasteiger partial charge in [-0.1, -0.05) is 13.8 Å². The fourth-order valence-electron chi connectivity index (χ4n) is 3.22. The van der Waals surface area contributed by atoms with Gasteiger partial charge in [-0.05, 0) is 30.9 Å². The van der Waals surface area contributed by atoms with Crippen LogP contribution in [0.25, 0.3) is 11.6 Å². The van der Waals surface area contributed by atoms with Crippen LogP contribution in [0.15, 0.2) is 27.8 Å². The molecule has 1 aliphatic rings. The highest BCUT2D eigenvalue weighted by Crippen LogP contribution is 2.14. The quantitative estimate of drug-likeness (QED) is 0.538. The lowest BCUT2D eigenvalue weighted by atomic mass is 10.0. The van der Waals surface area contributed by atoms with Gasteiger partial charge in [-0.2, -0.15) is 0 Å². The van der Waals surface area contributed by atoms with Gasteiger partial charge in [0.05, 0.1) is 12.8 Å². The molecule has 26 heavy (non-hydrogen) atoms. The second kappa shape index (κ2) is 8.84. The number of hydrogen-bond donors (Lipinski definition) is 3. The predicted molar refractivity (Wildman–Crippen MR) is 102 cm³/mol. The Morgan fingerprint density at radius 3 is 2.88 bits per heavy atom. The Bertz CT molecular complexity index is 684. The fourth-order valence-corrected chi connectivity index (χ4v) is 3.22. The van der Waals surface area contributed by atoms with Crippen molar-refractivity contribution in [3.05, 3.63) is 24.2 Å². The van der Waals surface area contributed by atoms with Crippen molar-refractivity contribution in [2.75, 3.05) is 26.7 Å².